The molecule has 5 heteroatoms. The van der Waals surface area contributed by atoms with E-state index in [0.717, 1.165) is 12.0 Å². The molecule has 1 rings (SSSR count). The first-order valence-electron chi connectivity index (χ1n) is 9.99. The predicted molar refractivity (Wildman–Crippen MR) is 118 cm³/mol. The maximum atomic E-state index is 12.5. The topological polar surface area (TPSA) is 38.8 Å². The van der Waals surface area contributed by atoms with Crippen molar-refractivity contribution in [3.8, 4) is 12.0 Å². The zero-order chi connectivity index (χ0) is 21.4. The lowest BCUT2D eigenvalue weighted by atomic mass is 10.2. The van der Waals surface area contributed by atoms with Crippen LogP contribution in [-0.2, 0) is 15.7 Å². The highest BCUT2D eigenvalue weighted by Gasteiger charge is 2.36. The fraction of sp³-hybridized carbons (Fsp3) is 0.609. The van der Waals surface area contributed by atoms with Crippen LogP contribution in [0.15, 0.2) is 30.3 Å². The number of carbonyl (C=O) groups is 1. The predicted octanol–water partition coefficient (Wildman–Crippen LogP) is 6.19. The third-order valence-corrected chi connectivity index (χ3v) is 9.26. The first kappa shape index (κ1) is 24.3. The van der Waals surface area contributed by atoms with Crippen molar-refractivity contribution in [2.24, 2.45) is 0 Å². The second-order valence-corrected chi connectivity index (χ2v) is 14.4. The molecular formula is C23H37NO3Si. The van der Waals surface area contributed by atoms with Crippen LogP contribution in [0.3, 0.4) is 0 Å². The van der Waals surface area contributed by atoms with E-state index in [4.69, 9.17) is 9.16 Å². The highest BCUT2D eigenvalue weighted by molar-refractivity contribution is 6.74. The monoisotopic (exact) mass is 403 g/mol. The van der Waals surface area contributed by atoms with E-state index < -0.39 is 20.0 Å². The van der Waals surface area contributed by atoms with Crippen LogP contribution in [0.25, 0.3) is 0 Å². The molecule has 1 amide bonds. The lowest BCUT2D eigenvalue weighted by molar-refractivity contribution is 0.0341. The summed E-state index contributed by atoms with van der Waals surface area (Å²) in [6.45, 7) is 17.9. The third kappa shape index (κ3) is 8.94. The number of hydrogen-bond donors (Lipinski definition) is 0. The Labute approximate surface area is 172 Å². The minimum atomic E-state index is -1.72. The maximum Gasteiger partial charge on any atom is 0.422 e. The highest BCUT2D eigenvalue weighted by Crippen LogP contribution is 2.36. The van der Waals surface area contributed by atoms with E-state index in [9.17, 15) is 4.79 Å². The van der Waals surface area contributed by atoms with E-state index in [1.165, 1.54) is 4.90 Å². The smallest absolute Gasteiger partial charge is 0.422 e. The Kier molecular flexibility index (Phi) is 8.78. The van der Waals surface area contributed by atoms with Gasteiger partial charge in [0.25, 0.3) is 0 Å². The number of benzene rings is 1. The Morgan fingerprint density at radius 2 is 1.68 bits per heavy atom. The molecular weight excluding hydrogens is 366 g/mol. The second-order valence-electron chi connectivity index (χ2n) is 9.55. The van der Waals surface area contributed by atoms with Gasteiger partial charge in [-0.1, -0.05) is 57.0 Å². The van der Waals surface area contributed by atoms with Gasteiger partial charge < -0.3 is 9.16 Å². The van der Waals surface area contributed by atoms with Crippen LogP contribution in [0.2, 0.25) is 18.1 Å². The Balaban J connectivity index is 2.66. The Bertz CT molecular complexity index is 676. The van der Waals surface area contributed by atoms with Gasteiger partial charge in [-0.25, -0.2) is 9.69 Å². The molecule has 0 fully saturated rings. The molecule has 0 aliphatic heterocycles. The van der Waals surface area contributed by atoms with Crippen LogP contribution in [-0.4, -0.2) is 31.5 Å². The summed E-state index contributed by atoms with van der Waals surface area (Å²) in [4.78, 5) is 14.0. The van der Waals surface area contributed by atoms with Crippen LogP contribution in [0, 0.1) is 12.0 Å². The van der Waals surface area contributed by atoms with E-state index in [2.05, 4.69) is 45.8 Å². The van der Waals surface area contributed by atoms with Gasteiger partial charge in [0.2, 0.25) is 0 Å². The molecule has 0 radical (unpaired) electrons. The fourth-order valence-corrected chi connectivity index (χ4v) is 3.18. The minimum absolute atomic E-state index is 0.210. The summed E-state index contributed by atoms with van der Waals surface area (Å²) in [5.41, 5.74) is 0.467. The van der Waals surface area contributed by atoms with Gasteiger partial charge in [0.05, 0.1) is 6.54 Å². The van der Waals surface area contributed by atoms with E-state index in [1.807, 2.05) is 51.1 Å². The summed E-state index contributed by atoms with van der Waals surface area (Å²) in [5, 5.41) is 0.210. The van der Waals surface area contributed by atoms with Gasteiger partial charge in [-0.2, -0.15) is 0 Å². The summed E-state index contributed by atoms with van der Waals surface area (Å²) < 4.78 is 11.7. The first-order valence-corrected chi connectivity index (χ1v) is 12.9. The number of rotatable bonds is 6. The van der Waals surface area contributed by atoms with Crippen molar-refractivity contribution in [3.63, 3.8) is 0 Å². The molecule has 0 N–H and O–H groups in total. The van der Waals surface area contributed by atoms with E-state index in [1.54, 1.807) is 0 Å². The van der Waals surface area contributed by atoms with E-state index in [0.29, 0.717) is 19.6 Å². The number of nitrogens with zero attached hydrogens (tertiary/aromatic N) is 1. The summed E-state index contributed by atoms with van der Waals surface area (Å²) in [5.74, 6) is 3.11. The summed E-state index contributed by atoms with van der Waals surface area (Å²) in [6, 6.07) is 12.8. The van der Waals surface area contributed by atoms with Gasteiger partial charge in [-0.05, 0) is 50.9 Å². The van der Waals surface area contributed by atoms with Crippen molar-refractivity contribution in [3.05, 3.63) is 35.9 Å². The van der Waals surface area contributed by atoms with Crippen LogP contribution >= 0.6 is 0 Å². The lowest BCUT2D eigenvalue weighted by Gasteiger charge is -2.36. The summed E-state index contributed by atoms with van der Waals surface area (Å²) >= 11 is 0. The van der Waals surface area contributed by atoms with Crippen LogP contribution in [0.1, 0.15) is 59.9 Å². The normalized spacial score (nSPS) is 12.1. The van der Waals surface area contributed by atoms with Crippen LogP contribution in [0.4, 0.5) is 4.79 Å². The van der Waals surface area contributed by atoms with Crippen molar-refractivity contribution >= 4 is 14.4 Å². The van der Waals surface area contributed by atoms with Crippen molar-refractivity contribution in [2.75, 3.05) is 6.61 Å². The average molecular weight is 404 g/mol. The number of carbonyl (C=O) groups excluding carboxylic acids is 1. The summed E-state index contributed by atoms with van der Waals surface area (Å²) in [7, 11) is -1.72. The van der Waals surface area contributed by atoms with Gasteiger partial charge in [0.1, 0.15) is 5.60 Å². The lowest BCUT2D eigenvalue weighted by Crippen LogP contribution is -2.40. The third-order valence-electron chi connectivity index (χ3n) is 4.73. The molecule has 0 bridgehead atoms. The first-order chi connectivity index (χ1) is 12.8. The Morgan fingerprint density at radius 3 is 2.21 bits per heavy atom. The fourth-order valence-electron chi connectivity index (χ4n) is 2.09. The Hall–Kier alpha value is -1.77. The van der Waals surface area contributed by atoms with Crippen molar-refractivity contribution in [2.45, 2.75) is 84.7 Å². The van der Waals surface area contributed by atoms with Crippen LogP contribution < -0.4 is 0 Å². The molecule has 0 heterocycles. The molecule has 1 aromatic carbocycles. The number of amides is 1. The zero-order valence-electron chi connectivity index (χ0n) is 18.9. The summed E-state index contributed by atoms with van der Waals surface area (Å²) in [6.07, 6.45) is 1.12. The quantitative estimate of drug-likeness (QED) is 0.246. The van der Waals surface area contributed by atoms with Crippen molar-refractivity contribution in [1.29, 1.82) is 0 Å². The molecule has 0 atom stereocenters. The van der Waals surface area contributed by atoms with Gasteiger partial charge in [0.15, 0.2) is 8.32 Å². The van der Waals surface area contributed by atoms with Gasteiger partial charge >= 0.3 is 6.09 Å². The molecule has 0 saturated carbocycles. The molecule has 0 saturated heterocycles. The molecule has 156 valence electrons. The number of ether oxygens (including phenoxy) is 1. The number of unbranched alkanes of at least 4 members (excludes halogenated alkanes) is 1. The molecule has 28 heavy (non-hydrogen) atoms. The maximum absolute atomic E-state index is 12.5. The molecule has 0 aliphatic rings. The van der Waals surface area contributed by atoms with Gasteiger partial charge in [-0.3, -0.25) is 0 Å². The highest BCUT2D eigenvalue weighted by atomic mass is 28.4. The largest absolute Gasteiger partial charge is 0.443 e. The molecule has 0 unspecified atom stereocenters. The van der Waals surface area contributed by atoms with Crippen molar-refractivity contribution < 1.29 is 14.0 Å². The van der Waals surface area contributed by atoms with E-state index >= 15 is 0 Å². The average Bonchev–Trinajstić information content (AvgIpc) is 2.55. The Morgan fingerprint density at radius 1 is 1.07 bits per heavy atom. The zero-order valence-corrected chi connectivity index (χ0v) is 19.9. The number of hydrogen-bond acceptors (Lipinski definition) is 3. The minimum Gasteiger partial charge on any atom is -0.443 e. The van der Waals surface area contributed by atoms with Crippen LogP contribution in [0.5, 0.6) is 0 Å². The SMILES string of the molecule is CC(C)(C)OC(=O)N(C#CCCCO[Si](C)(C)C(C)(C)C)Cc1ccccc1. The standard InChI is InChI=1S/C23H37NO3Si/c1-22(2,3)27-21(25)24(19-20-15-11-9-12-16-20)17-13-10-14-18-26-28(7,8)23(4,5)6/h9,11-12,15-16H,10,14,18-19H2,1-8H3. The second kappa shape index (κ2) is 10.1. The molecule has 4 nitrogen and oxygen atoms in total. The van der Waals surface area contributed by atoms with Gasteiger partial charge in [-0.15, -0.1) is 0 Å². The van der Waals surface area contributed by atoms with Gasteiger partial charge in [0, 0.05) is 19.1 Å². The van der Waals surface area contributed by atoms with Crippen molar-refractivity contribution in [1.82, 2.24) is 4.90 Å². The molecule has 0 aliphatic carbocycles. The molecule has 0 aromatic heterocycles. The molecule has 0 spiro atoms. The molecule has 1 aromatic rings. The van der Waals surface area contributed by atoms with E-state index in [-0.39, 0.29) is 5.04 Å².